The Labute approximate surface area is 129 Å². The summed E-state index contributed by atoms with van der Waals surface area (Å²) >= 11 is 0. The molecule has 2 atom stereocenters. The topological polar surface area (TPSA) is 40.5 Å². The summed E-state index contributed by atoms with van der Waals surface area (Å²) in [4.78, 5) is 0. The Balaban J connectivity index is 2.51. The maximum absolute atomic E-state index is 14.1. The summed E-state index contributed by atoms with van der Waals surface area (Å²) in [6.45, 7) is 3.80. The first kappa shape index (κ1) is 16.3. The van der Waals surface area contributed by atoms with E-state index in [1.165, 1.54) is 36.4 Å². The molecule has 0 aliphatic rings. The van der Waals surface area contributed by atoms with E-state index in [1.54, 1.807) is 0 Å². The molecule has 2 aromatic carbocycles. The molecule has 0 heterocycles. The van der Waals surface area contributed by atoms with Crippen molar-refractivity contribution < 1.29 is 19.0 Å². The molecule has 0 aliphatic heterocycles. The second-order valence-electron chi connectivity index (χ2n) is 5.44. The standard InChI is InChI=1S/C18H20F2O2/c1-3-13(15-9-11(21)5-7-17(15)19)14(4-2)16-10-12(22)6-8-18(16)20/h5-10,13-14,21-22H,3-4H2,1-2H3/t13-,14+. The summed E-state index contributed by atoms with van der Waals surface area (Å²) in [7, 11) is 0. The average molecular weight is 306 g/mol. The number of benzene rings is 2. The molecule has 2 N–H and O–H groups in total. The van der Waals surface area contributed by atoms with Crippen LogP contribution in [0.5, 0.6) is 11.5 Å². The molecule has 2 rings (SSSR count). The smallest absolute Gasteiger partial charge is 0.126 e. The lowest BCUT2D eigenvalue weighted by atomic mass is 9.78. The zero-order chi connectivity index (χ0) is 16.3. The lowest BCUT2D eigenvalue weighted by Gasteiger charge is -2.27. The van der Waals surface area contributed by atoms with Crippen molar-refractivity contribution in [1.82, 2.24) is 0 Å². The van der Waals surface area contributed by atoms with Gasteiger partial charge in [-0.05, 0) is 72.2 Å². The highest BCUT2D eigenvalue weighted by molar-refractivity contribution is 5.37. The van der Waals surface area contributed by atoms with Crippen LogP contribution in [0.1, 0.15) is 49.7 Å². The third kappa shape index (κ3) is 3.21. The van der Waals surface area contributed by atoms with Gasteiger partial charge in [-0.1, -0.05) is 13.8 Å². The van der Waals surface area contributed by atoms with Gasteiger partial charge in [0.2, 0.25) is 0 Å². The van der Waals surface area contributed by atoms with Gasteiger partial charge in [0, 0.05) is 0 Å². The maximum atomic E-state index is 14.1. The van der Waals surface area contributed by atoms with E-state index in [4.69, 9.17) is 0 Å². The van der Waals surface area contributed by atoms with Crippen LogP contribution < -0.4 is 0 Å². The number of hydrogen-bond acceptors (Lipinski definition) is 2. The first-order valence-corrected chi connectivity index (χ1v) is 7.44. The molecule has 118 valence electrons. The number of rotatable bonds is 5. The normalized spacial score (nSPS) is 13.8. The molecule has 0 aliphatic carbocycles. The molecule has 2 nitrogen and oxygen atoms in total. The number of phenolic OH excluding ortho intramolecular Hbond substituents is 2. The second kappa shape index (κ2) is 6.77. The lowest BCUT2D eigenvalue weighted by molar-refractivity contribution is 0.441. The van der Waals surface area contributed by atoms with Gasteiger partial charge in [-0.3, -0.25) is 0 Å². The van der Waals surface area contributed by atoms with Crippen molar-refractivity contribution in [2.45, 2.75) is 38.5 Å². The number of aromatic hydroxyl groups is 2. The van der Waals surface area contributed by atoms with Gasteiger partial charge in [0.25, 0.3) is 0 Å². The fraction of sp³-hybridized carbons (Fsp3) is 0.333. The summed E-state index contributed by atoms with van der Waals surface area (Å²) in [5.74, 6) is -1.42. The molecule has 0 saturated carbocycles. The average Bonchev–Trinajstić information content (AvgIpc) is 2.50. The first-order chi connectivity index (χ1) is 10.5. The molecule has 22 heavy (non-hydrogen) atoms. The Morgan fingerprint density at radius 1 is 0.773 bits per heavy atom. The van der Waals surface area contributed by atoms with E-state index < -0.39 is 11.6 Å². The van der Waals surface area contributed by atoms with E-state index >= 15 is 0 Å². The van der Waals surface area contributed by atoms with Crippen LogP contribution in [-0.4, -0.2) is 10.2 Å². The van der Waals surface area contributed by atoms with Crippen molar-refractivity contribution in [1.29, 1.82) is 0 Å². The van der Waals surface area contributed by atoms with Gasteiger partial charge >= 0.3 is 0 Å². The van der Waals surface area contributed by atoms with Gasteiger partial charge < -0.3 is 10.2 Å². The minimum Gasteiger partial charge on any atom is -0.508 e. The highest BCUT2D eigenvalue weighted by Gasteiger charge is 2.27. The Kier molecular flexibility index (Phi) is 5.01. The summed E-state index contributed by atoms with van der Waals surface area (Å²) in [5.41, 5.74) is 0.745. The minimum atomic E-state index is -0.413. The Morgan fingerprint density at radius 3 is 1.45 bits per heavy atom. The fourth-order valence-electron chi connectivity index (χ4n) is 3.07. The molecule has 4 heteroatoms. The zero-order valence-electron chi connectivity index (χ0n) is 12.7. The molecule has 0 fully saturated rings. The van der Waals surface area contributed by atoms with Gasteiger partial charge in [0.1, 0.15) is 23.1 Å². The van der Waals surface area contributed by atoms with Crippen molar-refractivity contribution in [3.05, 3.63) is 59.2 Å². The largest absolute Gasteiger partial charge is 0.508 e. The third-order valence-corrected chi connectivity index (χ3v) is 4.12. The Bertz CT molecular complexity index is 598. The van der Waals surface area contributed by atoms with Crippen LogP contribution in [0.2, 0.25) is 0 Å². The van der Waals surface area contributed by atoms with Crippen LogP contribution >= 0.6 is 0 Å². The lowest BCUT2D eigenvalue weighted by Crippen LogP contribution is -2.13. The van der Waals surface area contributed by atoms with Crippen LogP contribution in [-0.2, 0) is 0 Å². The van der Waals surface area contributed by atoms with E-state index in [9.17, 15) is 19.0 Å². The monoisotopic (exact) mass is 306 g/mol. The molecular weight excluding hydrogens is 286 g/mol. The number of halogens is 2. The van der Waals surface area contributed by atoms with Crippen LogP contribution in [0.4, 0.5) is 8.78 Å². The molecule has 0 unspecified atom stereocenters. The maximum Gasteiger partial charge on any atom is 0.126 e. The quantitative estimate of drug-likeness (QED) is 0.810. The van der Waals surface area contributed by atoms with Crippen LogP contribution in [0.3, 0.4) is 0 Å². The van der Waals surface area contributed by atoms with Crippen molar-refractivity contribution in [2.75, 3.05) is 0 Å². The Morgan fingerprint density at radius 2 is 1.14 bits per heavy atom. The van der Waals surface area contributed by atoms with Gasteiger partial charge in [0.05, 0.1) is 0 Å². The van der Waals surface area contributed by atoms with Crippen molar-refractivity contribution in [3.63, 3.8) is 0 Å². The van der Waals surface area contributed by atoms with E-state index in [0.717, 1.165) is 0 Å². The van der Waals surface area contributed by atoms with Crippen molar-refractivity contribution in [3.8, 4) is 11.5 Å². The summed E-state index contributed by atoms with van der Waals surface area (Å²) in [6.07, 6.45) is 1.18. The van der Waals surface area contributed by atoms with Gasteiger partial charge in [-0.25, -0.2) is 8.78 Å². The SMILES string of the molecule is CC[C@H](c1cc(O)ccc1F)[C@@H](CC)c1cc(O)ccc1F. The molecule has 0 spiro atoms. The van der Waals surface area contributed by atoms with Crippen LogP contribution in [0.15, 0.2) is 36.4 Å². The molecule has 2 aromatic rings. The van der Waals surface area contributed by atoms with Gasteiger partial charge in [-0.2, -0.15) is 0 Å². The van der Waals surface area contributed by atoms with Crippen molar-refractivity contribution in [2.24, 2.45) is 0 Å². The number of hydrogen-bond donors (Lipinski definition) is 2. The highest BCUT2D eigenvalue weighted by Crippen LogP contribution is 2.41. The molecule has 0 bridgehead atoms. The predicted octanol–water partition coefficient (Wildman–Crippen LogP) is 5.06. The first-order valence-electron chi connectivity index (χ1n) is 7.44. The van der Waals surface area contributed by atoms with Gasteiger partial charge in [-0.15, -0.1) is 0 Å². The molecule has 0 saturated heterocycles. The van der Waals surface area contributed by atoms with Crippen LogP contribution in [0, 0.1) is 11.6 Å². The number of phenols is 2. The molecular formula is C18H20F2O2. The molecule has 0 radical (unpaired) electrons. The highest BCUT2D eigenvalue weighted by atomic mass is 19.1. The summed E-state index contributed by atoms with van der Waals surface area (Å²) in [5, 5.41) is 19.2. The molecule has 0 aromatic heterocycles. The van der Waals surface area contributed by atoms with E-state index in [1.807, 2.05) is 13.8 Å². The van der Waals surface area contributed by atoms with Crippen molar-refractivity contribution >= 4 is 0 Å². The molecule has 0 amide bonds. The predicted molar refractivity (Wildman–Crippen MR) is 82.2 cm³/mol. The van der Waals surface area contributed by atoms with Crippen LogP contribution in [0.25, 0.3) is 0 Å². The van der Waals surface area contributed by atoms with E-state index in [0.29, 0.717) is 24.0 Å². The second-order valence-corrected chi connectivity index (χ2v) is 5.44. The van der Waals surface area contributed by atoms with E-state index in [2.05, 4.69) is 0 Å². The zero-order valence-corrected chi connectivity index (χ0v) is 12.7. The summed E-state index contributed by atoms with van der Waals surface area (Å²) < 4.78 is 28.3. The Hall–Kier alpha value is -2.10. The third-order valence-electron chi connectivity index (χ3n) is 4.12. The van der Waals surface area contributed by atoms with Gasteiger partial charge in [0.15, 0.2) is 0 Å². The minimum absolute atomic E-state index is 0.0129. The summed E-state index contributed by atoms with van der Waals surface area (Å²) in [6, 6.07) is 7.82. The van der Waals surface area contributed by atoms with E-state index in [-0.39, 0.29) is 23.3 Å². The fourth-order valence-corrected chi connectivity index (χ4v) is 3.07.